The second-order valence-corrected chi connectivity index (χ2v) is 17.2. The van der Waals surface area contributed by atoms with Crippen LogP contribution >= 0.6 is 15.8 Å². The van der Waals surface area contributed by atoms with Gasteiger partial charge in [-0.1, -0.05) is 182 Å². The minimum atomic E-state index is -0.833. The molecule has 0 spiro atoms. The highest BCUT2D eigenvalue weighted by Crippen LogP contribution is 2.38. The summed E-state index contributed by atoms with van der Waals surface area (Å²) in [5.74, 6) is 0.369. The first-order valence-corrected chi connectivity index (χ1v) is 20.5. The monoisotopic (exact) mass is 719 g/mol. The summed E-state index contributed by atoms with van der Waals surface area (Å²) in [5.41, 5.74) is 5.36. The molecule has 0 aromatic heterocycles. The van der Waals surface area contributed by atoms with Crippen molar-refractivity contribution < 1.29 is 0 Å². The van der Waals surface area contributed by atoms with Crippen LogP contribution in [0.25, 0.3) is 16.7 Å². The Balaban J connectivity index is 1.20. The Kier molecular flexibility index (Phi) is 10.5. The van der Waals surface area contributed by atoms with E-state index >= 15 is 0 Å². The van der Waals surface area contributed by atoms with Crippen molar-refractivity contribution in [2.24, 2.45) is 0 Å². The molecule has 0 saturated heterocycles. The number of allylic oxidation sites excluding steroid dienone is 2. The van der Waals surface area contributed by atoms with Crippen molar-refractivity contribution in [3.8, 4) is 11.1 Å². The fourth-order valence-electron chi connectivity index (χ4n) is 6.78. The number of hydrogen-bond donors (Lipinski definition) is 3. The SMILES string of the molecule is N=C(NC1NC=CC=C1c1ccccc1)c1ccc(-c2cc(P(c3ccccc3)c3ccccc3)cc(P(c3ccccc3)c3ccccc3)c2)cc1. The first-order chi connectivity index (χ1) is 26.2. The van der Waals surface area contributed by atoms with Crippen LogP contribution in [0, 0.1) is 5.41 Å². The molecule has 3 N–H and O–H groups in total. The van der Waals surface area contributed by atoms with Gasteiger partial charge in [-0.05, 0) is 94.8 Å². The number of dihydropyridines is 1. The number of hydrogen-bond acceptors (Lipinski definition) is 2. The second kappa shape index (κ2) is 16.2. The van der Waals surface area contributed by atoms with Crippen molar-refractivity contribution in [3.63, 3.8) is 0 Å². The van der Waals surface area contributed by atoms with Gasteiger partial charge in [0.1, 0.15) is 12.0 Å². The molecule has 1 heterocycles. The van der Waals surface area contributed by atoms with Gasteiger partial charge >= 0.3 is 0 Å². The van der Waals surface area contributed by atoms with Gasteiger partial charge in [-0.25, -0.2) is 0 Å². The normalized spacial score (nSPS) is 13.7. The molecule has 5 heteroatoms. The van der Waals surface area contributed by atoms with Gasteiger partial charge in [-0.3, -0.25) is 5.41 Å². The number of nitrogens with one attached hydrogen (secondary N) is 3. The maximum absolute atomic E-state index is 9.06. The van der Waals surface area contributed by atoms with Crippen molar-refractivity contribution in [1.82, 2.24) is 10.6 Å². The van der Waals surface area contributed by atoms with Crippen LogP contribution in [0.15, 0.2) is 212 Å². The van der Waals surface area contributed by atoms with Crippen molar-refractivity contribution in [2.45, 2.75) is 6.17 Å². The summed E-state index contributed by atoms with van der Waals surface area (Å²) in [6, 6.07) is 69.8. The Labute approximate surface area is 314 Å². The van der Waals surface area contributed by atoms with Gasteiger partial charge in [0, 0.05) is 11.1 Å². The van der Waals surface area contributed by atoms with Gasteiger partial charge in [0.05, 0.1) is 0 Å². The molecule has 1 atom stereocenters. The van der Waals surface area contributed by atoms with E-state index in [1.807, 2.05) is 30.5 Å². The number of rotatable bonds is 10. The van der Waals surface area contributed by atoms with Gasteiger partial charge in [-0.2, -0.15) is 0 Å². The summed E-state index contributed by atoms with van der Waals surface area (Å²) in [6.07, 6.45) is 5.82. The van der Waals surface area contributed by atoms with E-state index in [9.17, 15) is 0 Å². The van der Waals surface area contributed by atoms with E-state index in [-0.39, 0.29) is 6.17 Å². The van der Waals surface area contributed by atoms with Crippen LogP contribution in [0.2, 0.25) is 0 Å². The van der Waals surface area contributed by atoms with Crippen molar-refractivity contribution >= 4 is 59.1 Å². The Bertz CT molecular complexity index is 2160. The van der Waals surface area contributed by atoms with E-state index in [2.05, 4.69) is 193 Å². The molecule has 256 valence electrons. The van der Waals surface area contributed by atoms with Crippen LogP contribution < -0.4 is 42.5 Å². The molecule has 0 amide bonds. The molecule has 0 radical (unpaired) electrons. The third-order valence-corrected chi connectivity index (χ3v) is 14.1. The van der Waals surface area contributed by atoms with Crippen molar-refractivity contribution in [2.75, 3.05) is 0 Å². The van der Waals surface area contributed by atoms with Gasteiger partial charge in [-0.15, -0.1) is 0 Å². The van der Waals surface area contributed by atoms with E-state index < -0.39 is 15.8 Å². The molecule has 0 bridgehead atoms. The van der Waals surface area contributed by atoms with E-state index in [0.717, 1.165) is 22.3 Å². The second-order valence-electron chi connectivity index (χ2n) is 12.8. The molecular formula is C48H39N3P2. The minimum absolute atomic E-state index is 0.209. The fraction of sp³-hybridized carbons (Fsp3) is 0.0208. The first kappa shape index (κ1) is 34.2. The summed E-state index contributed by atoms with van der Waals surface area (Å²) in [7, 11) is -1.67. The van der Waals surface area contributed by atoms with E-state index in [0.29, 0.717) is 5.84 Å². The van der Waals surface area contributed by atoms with Crippen molar-refractivity contribution in [1.29, 1.82) is 5.41 Å². The van der Waals surface area contributed by atoms with Crippen LogP contribution in [0.3, 0.4) is 0 Å². The highest BCUT2D eigenvalue weighted by Gasteiger charge is 2.23. The lowest BCUT2D eigenvalue weighted by Crippen LogP contribution is -2.44. The molecule has 3 nitrogen and oxygen atoms in total. The predicted octanol–water partition coefficient (Wildman–Crippen LogP) is 8.31. The topological polar surface area (TPSA) is 47.9 Å². The Morgan fingerprint density at radius 3 is 1.34 bits per heavy atom. The van der Waals surface area contributed by atoms with Crippen LogP contribution in [0.4, 0.5) is 0 Å². The zero-order chi connectivity index (χ0) is 35.8. The number of benzene rings is 7. The smallest absolute Gasteiger partial charge is 0.127 e. The Morgan fingerprint density at radius 2 is 0.887 bits per heavy atom. The molecule has 0 fully saturated rings. The summed E-state index contributed by atoms with van der Waals surface area (Å²) >= 11 is 0. The molecule has 1 aliphatic heterocycles. The molecule has 7 aromatic rings. The quantitative estimate of drug-likeness (QED) is 0.0757. The van der Waals surface area contributed by atoms with E-state index in [1.54, 1.807) is 0 Å². The van der Waals surface area contributed by atoms with Crippen LogP contribution in [-0.4, -0.2) is 12.0 Å². The molecule has 8 rings (SSSR count). The van der Waals surface area contributed by atoms with Crippen LogP contribution in [0.5, 0.6) is 0 Å². The number of amidine groups is 1. The molecular weight excluding hydrogens is 680 g/mol. The Morgan fingerprint density at radius 1 is 0.453 bits per heavy atom. The third-order valence-electron chi connectivity index (χ3n) is 9.33. The molecule has 1 unspecified atom stereocenters. The highest BCUT2D eigenvalue weighted by molar-refractivity contribution is 7.81. The fourth-order valence-corrected chi connectivity index (χ4v) is 11.6. The van der Waals surface area contributed by atoms with Crippen molar-refractivity contribution in [3.05, 3.63) is 224 Å². The predicted molar refractivity (Wildman–Crippen MR) is 230 cm³/mol. The maximum Gasteiger partial charge on any atom is 0.127 e. The zero-order valence-corrected chi connectivity index (χ0v) is 31.0. The van der Waals surface area contributed by atoms with Gasteiger partial charge in [0.15, 0.2) is 0 Å². The van der Waals surface area contributed by atoms with Gasteiger partial charge in [0.25, 0.3) is 0 Å². The molecule has 53 heavy (non-hydrogen) atoms. The highest BCUT2D eigenvalue weighted by atomic mass is 31.1. The molecule has 0 saturated carbocycles. The largest absolute Gasteiger partial charge is 0.368 e. The van der Waals surface area contributed by atoms with E-state index in [4.69, 9.17) is 5.41 Å². The first-order valence-electron chi connectivity index (χ1n) is 17.8. The summed E-state index contributed by atoms with van der Waals surface area (Å²) in [6.45, 7) is 0. The molecule has 0 aliphatic carbocycles. The maximum atomic E-state index is 9.06. The minimum Gasteiger partial charge on any atom is -0.368 e. The average molecular weight is 720 g/mol. The summed E-state index contributed by atoms with van der Waals surface area (Å²) < 4.78 is 0. The third kappa shape index (κ3) is 7.84. The van der Waals surface area contributed by atoms with Crippen LogP contribution in [-0.2, 0) is 0 Å². The molecule has 7 aromatic carbocycles. The van der Waals surface area contributed by atoms with Gasteiger partial charge < -0.3 is 10.6 Å². The van der Waals surface area contributed by atoms with Gasteiger partial charge in [0.2, 0.25) is 0 Å². The average Bonchev–Trinajstić information content (AvgIpc) is 3.23. The summed E-state index contributed by atoms with van der Waals surface area (Å²) in [5, 5.41) is 23.8. The standard InChI is InChI=1S/C48H39N3P2/c49-47(51-48-46(27-16-32-50-48)37-17-6-1-7-18-37)38-30-28-36(29-31-38)39-33-44(52(40-19-8-2-9-20-40)41-21-10-3-11-22-41)35-45(34-39)53(42-23-12-4-13-24-42)43-25-14-5-15-26-43/h1-35,48,50H,(H2,49,51). The molecule has 1 aliphatic rings. The zero-order valence-electron chi connectivity index (χ0n) is 29.2. The Hall–Kier alpha value is -5.85. The summed E-state index contributed by atoms with van der Waals surface area (Å²) in [4.78, 5) is 0. The van der Waals surface area contributed by atoms with Crippen LogP contribution in [0.1, 0.15) is 11.1 Å². The lowest BCUT2D eigenvalue weighted by atomic mass is 10.00. The lowest BCUT2D eigenvalue weighted by Gasteiger charge is -2.26. The van der Waals surface area contributed by atoms with E-state index in [1.165, 1.54) is 37.4 Å². The lowest BCUT2D eigenvalue weighted by molar-refractivity contribution is 0.670.